The van der Waals surface area contributed by atoms with Gasteiger partial charge in [-0.15, -0.1) is 11.8 Å². The number of ether oxygens (including phenoxy) is 2. The standard InChI is InChI=1S/C16H18O2S/c1-17-11-7-8-12(18-2)14-13(11)15-9-5-3-4-6-10(9)16(14)19-15/h3-8,11-16H,1-2H3/t11-,12+,13?,14?,15+,16-. The third-order valence-electron chi connectivity index (χ3n) is 4.84. The van der Waals surface area contributed by atoms with Crippen molar-refractivity contribution in [2.75, 3.05) is 14.2 Å². The van der Waals surface area contributed by atoms with Gasteiger partial charge >= 0.3 is 0 Å². The number of thioether (sulfide) groups is 1. The van der Waals surface area contributed by atoms with Gasteiger partial charge in [0.15, 0.2) is 0 Å². The zero-order valence-electron chi connectivity index (χ0n) is 11.2. The summed E-state index contributed by atoms with van der Waals surface area (Å²) < 4.78 is 11.4. The molecule has 2 nitrogen and oxygen atoms in total. The van der Waals surface area contributed by atoms with E-state index in [0.717, 1.165) is 0 Å². The molecule has 1 fully saturated rings. The topological polar surface area (TPSA) is 18.5 Å². The van der Waals surface area contributed by atoms with Crippen molar-refractivity contribution in [2.45, 2.75) is 22.7 Å². The highest BCUT2D eigenvalue weighted by molar-refractivity contribution is 8.00. The Balaban J connectivity index is 1.81. The van der Waals surface area contributed by atoms with Gasteiger partial charge in [-0.3, -0.25) is 0 Å². The first-order valence-electron chi connectivity index (χ1n) is 6.83. The summed E-state index contributed by atoms with van der Waals surface area (Å²) >= 11 is 2.10. The van der Waals surface area contributed by atoms with Gasteiger partial charge in [-0.2, -0.15) is 0 Å². The number of hydrogen-bond donors (Lipinski definition) is 0. The van der Waals surface area contributed by atoms with Crippen molar-refractivity contribution in [3.63, 3.8) is 0 Å². The summed E-state index contributed by atoms with van der Waals surface area (Å²) in [6.45, 7) is 0. The summed E-state index contributed by atoms with van der Waals surface area (Å²) in [6.07, 6.45) is 4.85. The van der Waals surface area contributed by atoms with Crippen LogP contribution in [-0.2, 0) is 9.47 Å². The molecule has 19 heavy (non-hydrogen) atoms. The van der Waals surface area contributed by atoms with Crippen LogP contribution in [0.3, 0.4) is 0 Å². The molecule has 2 bridgehead atoms. The number of fused-ring (bicyclic) bond motifs is 8. The zero-order chi connectivity index (χ0) is 13.0. The minimum absolute atomic E-state index is 0.229. The van der Waals surface area contributed by atoms with Gasteiger partial charge in [0, 0.05) is 36.6 Å². The third kappa shape index (κ3) is 1.52. The lowest BCUT2D eigenvalue weighted by Crippen LogP contribution is -2.41. The summed E-state index contributed by atoms with van der Waals surface area (Å²) in [7, 11) is 3.64. The predicted octanol–water partition coefficient (Wildman–Crippen LogP) is 3.36. The summed E-state index contributed by atoms with van der Waals surface area (Å²) in [6, 6.07) is 8.89. The van der Waals surface area contributed by atoms with Crippen molar-refractivity contribution in [1.82, 2.24) is 0 Å². The highest BCUT2D eigenvalue weighted by Gasteiger charge is 2.57. The van der Waals surface area contributed by atoms with E-state index in [0.29, 0.717) is 22.3 Å². The first kappa shape index (κ1) is 12.0. The third-order valence-corrected chi connectivity index (χ3v) is 6.56. The molecule has 2 aliphatic heterocycles. The Morgan fingerprint density at radius 2 is 1.32 bits per heavy atom. The molecule has 1 saturated heterocycles. The van der Waals surface area contributed by atoms with Crippen LogP contribution in [0.25, 0.3) is 0 Å². The molecule has 6 atom stereocenters. The normalized spacial score (nSPS) is 42.2. The van der Waals surface area contributed by atoms with Crippen molar-refractivity contribution in [3.05, 3.63) is 47.5 Å². The number of hydrogen-bond acceptors (Lipinski definition) is 3. The van der Waals surface area contributed by atoms with E-state index in [1.54, 1.807) is 0 Å². The Morgan fingerprint density at radius 3 is 1.74 bits per heavy atom. The molecule has 1 aliphatic carbocycles. The SMILES string of the molecule is CO[C@H]1C=C[C@@H](OC)C2C1[C@@H]1S[C@H]2c2ccccc21. The number of benzene rings is 1. The van der Waals surface area contributed by atoms with Gasteiger partial charge in [-0.1, -0.05) is 36.4 Å². The Kier molecular flexibility index (Phi) is 2.76. The minimum Gasteiger partial charge on any atom is -0.377 e. The monoisotopic (exact) mass is 274 g/mol. The van der Waals surface area contributed by atoms with Crippen LogP contribution < -0.4 is 0 Å². The second kappa shape index (κ2) is 4.37. The van der Waals surface area contributed by atoms with Gasteiger partial charge < -0.3 is 9.47 Å². The molecule has 4 rings (SSSR count). The minimum atomic E-state index is 0.229. The fourth-order valence-electron chi connectivity index (χ4n) is 4.06. The molecule has 100 valence electrons. The van der Waals surface area contributed by atoms with Crippen LogP contribution in [-0.4, -0.2) is 26.4 Å². The van der Waals surface area contributed by atoms with Crippen LogP contribution in [0.5, 0.6) is 0 Å². The highest BCUT2D eigenvalue weighted by Crippen LogP contribution is 2.69. The second-order valence-corrected chi connectivity index (χ2v) is 6.83. The van der Waals surface area contributed by atoms with Crippen LogP contribution >= 0.6 is 11.8 Å². The molecule has 3 aliphatic rings. The summed E-state index contributed by atoms with van der Waals surface area (Å²) in [5.74, 6) is 1.09. The van der Waals surface area contributed by atoms with E-state index in [9.17, 15) is 0 Å². The van der Waals surface area contributed by atoms with E-state index in [1.165, 1.54) is 11.1 Å². The first-order valence-corrected chi connectivity index (χ1v) is 7.77. The Bertz CT molecular complexity index is 482. The molecule has 2 heterocycles. The molecule has 0 amide bonds. The predicted molar refractivity (Wildman–Crippen MR) is 77.2 cm³/mol. The molecular formula is C16H18O2S. The molecule has 1 aromatic carbocycles. The Morgan fingerprint density at radius 1 is 0.842 bits per heavy atom. The molecule has 0 aromatic heterocycles. The Hall–Kier alpha value is -0.770. The van der Waals surface area contributed by atoms with Crippen molar-refractivity contribution in [2.24, 2.45) is 11.8 Å². The number of rotatable bonds is 2. The maximum atomic E-state index is 5.71. The molecule has 0 saturated carbocycles. The van der Waals surface area contributed by atoms with Gasteiger partial charge in [-0.25, -0.2) is 0 Å². The van der Waals surface area contributed by atoms with Crippen LogP contribution in [0.4, 0.5) is 0 Å². The zero-order valence-corrected chi connectivity index (χ0v) is 12.0. The Labute approximate surface area is 118 Å². The summed E-state index contributed by atoms with van der Waals surface area (Å²) in [5.41, 5.74) is 3.04. The van der Waals surface area contributed by atoms with E-state index in [2.05, 4.69) is 48.2 Å². The van der Waals surface area contributed by atoms with E-state index >= 15 is 0 Å². The van der Waals surface area contributed by atoms with Gasteiger partial charge in [0.25, 0.3) is 0 Å². The highest BCUT2D eigenvalue weighted by atomic mass is 32.2. The smallest absolute Gasteiger partial charge is 0.0799 e. The molecule has 0 N–H and O–H groups in total. The fourth-order valence-corrected chi connectivity index (χ4v) is 6.14. The molecule has 0 spiro atoms. The van der Waals surface area contributed by atoms with Crippen molar-refractivity contribution < 1.29 is 9.47 Å². The lowest BCUT2D eigenvalue weighted by atomic mass is 9.68. The van der Waals surface area contributed by atoms with Gasteiger partial charge in [0.2, 0.25) is 0 Å². The lowest BCUT2D eigenvalue weighted by Gasteiger charge is -2.40. The average Bonchev–Trinajstić information content (AvgIpc) is 3.04. The summed E-state index contributed by atoms with van der Waals surface area (Å²) in [4.78, 5) is 0. The van der Waals surface area contributed by atoms with E-state index in [-0.39, 0.29) is 12.2 Å². The maximum Gasteiger partial charge on any atom is 0.0799 e. The quantitative estimate of drug-likeness (QED) is 0.770. The van der Waals surface area contributed by atoms with E-state index in [4.69, 9.17) is 9.47 Å². The van der Waals surface area contributed by atoms with Crippen LogP contribution in [0.1, 0.15) is 21.6 Å². The largest absolute Gasteiger partial charge is 0.377 e. The average molecular weight is 274 g/mol. The lowest BCUT2D eigenvalue weighted by molar-refractivity contribution is -0.00722. The van der Waals surface area contributed by atoms with E-state index < -0.39 is 0 Å². The van der Waals surface area contributed by atoms with Crippen LogP contribution in [0.2, 0.25) is 0 Å². The van der Waals surface area contributed by atoms with Crippen LogP contribution in [0.15, 0.2) is 36.4 Å². The molecule has 3 heteroatoms. The number of methoxy groups -OCH3 is 2. The molecule has 1 aromatic rings. The van der Waals surface area contributed by atoms with Crippen LogP contribution in [0, 0.1) is 11.8 Å². The fraction of sp³-hybridized carbons (Fsp3) is 0.500. The molecule has 0 radical (unpaired) electrons. The molecular weight excluding hydrogens is 256 g/mol. The van der Waals surface area contributed by atoms with Crippen molar-refractivity contribution in [3.8, 4) is 0 Å². The van der Waals surface area contributed by atoms with Gasteiger partial charge in [0.1, 0.15) is 0 Å². The molecule has 2 unspecified atom stereocenters. The second-order valence-electron chi connectivity index (χ2n) is 5.55. The van der Waals surface area contributed by atoms with Crippen molar-refractivity contribution >= 4 is 11.8 Å². The van der Waals surface area contributed by atoms with Gasteiger partial charge in [-0.05, 0) is 11.1 Å². The summed E-state index contributed by atoms with van der Waals surface area (Å²) in [5, 5.41) is 1.14. The first-order chi connectivity index (χ1) is 9.35. The maximum absolute atomic E-state index is 5.71. The van der Waals surface area contributed by atoms with Gasteiger partial charge in [0.05, 0.1) is 12.2 Å². The van der Waals surface area contributed by atoms with Crippen molar-refractivity contribution in [1.29, 1.82) is 0 Å². The van der Waals surface area contributed by atoms with E-state index in [1.807, 2.05) is 14.2 Å².